The summed E-state index contributed by atoms with van der Waals surface area (Å²) in [5.74, 6) is -0.567. The zero-order valence-electron chi connectivity index (χ0n) is 19.9. The van der Waals surface area contributed by atoms with Gasteiger partial charge in [0.2, 0.25) is 5.91 Å². The zero-order chi connectivity index (χ0) is 26.6. The summed E-state index contributed by atoms with van der Waals surface area (Å²) in [4.78, 5) is 15.4. The molecule has 198 valence electrons. The number of alkyl halides is 3. The molecule has 6 nitrogen and oxygen atoms in total. The lowest BCUT2D eigenvalue weighted by molar-refractivity contribution is -0.200. The fourth-order valence-electron chi connectivity index (χ4n) is 5.95. The highest BCUT2D eigenvalue weighted by molar-refractivity contribution is 9.11. The number of aromatic nitrogens is 1. The normalized spacial score (nSPS) is 22.6. The van der Waals surface area contributed by atoms with E-state index in [2.05, 4.69) is 42.1 Å². The molecule has 37 heavy (non-hydrogen) atoms. The van der Waals surface area contributed by atoms with E-state index in [-0.39, 0.29) is 41.7 Å². The smallest absolute Gasteiger partial charge is 0.488 e. The highest BCUT2D eigenvalue weighted by atomic mass is 79.9. The van der Waals surface area contributed by atoms with Gasteiger partial charge in [0.1, 0.15) is 5.75 Å². The first-order chi connectivity index (χ1) is 17.5. The Morgan fingerprint density at radius 2 is 1.95 bits per heavy atom. The molecular weight excluding hydrogens is 619 g/mol. The Balaban J connectivity index is 1.37. The fraction of sp³-hybridized carbons (Fsp3) is 0.423. The molecule has 1 aliphatic heterocycles. The van der Waals surface area contributed by atoms with Crippen LogP contribution in [0, 0.1) is 5.92 Å². The van der Waals surface area contributed by atoms with Crippen molar-refractivity contribution < 1.29 is 28.2 Å². The maximum atomic E-state index is 13.7. The fourth-order valence-corrected chi connectivity index (χ4v) is 7.23. The summed E-state index contributed by atoms with van der Waals surface area (Å²) in [6.45, 7) is 0.219. The number of hydrogen-bond acceptors (Lipinski definition) is 4. The van der Waals surface area contributed by atoms with E-state index >= 15 is 0 Å². The van der Waals surface area contributed by atoms with Gasteiger partial charge in [-0.2, -0.15) is 0 Å². The molecule has 1 aliphatic carbocycles. The lowest BCUT2D eigenvalue weighted by atomic mass is 9.72. The van der Waals surface area contributed by atoms with Crippen molar-refractivity contribution in [2.45, 2.75) is 43.6 Å². The molecule has 4 unspecified atom stereocenters. The Bertz CT molecular complexity index is 1340. The van der Waals surface area contributed by atoms with E-state index in [1.54, 1.807) is 18.2 Å². The Hall–Kier alpha value is -2.08. The van der Waals surface area contributed by atoms with Crippen LogP contribution in [0.1, 0.15) is 29.0 Å². The van der Waals surface area contributed by atoms with Crippen LogP contribution in [0.3, 0.4) is 0 Å². The van der Waals surface area contributed by atoms with Crippen LogP contribution >= 0.6 is 31.9 Å². The number of fused-ring (bicyclic) bond motifs is 2. The minimum Gasteiger partial charge on any atom is -0.506 e. The van der Waals surface area contributed by atoms with Gasteiger partial charge < -0.3 is 20.4 Å². The predicted octanol–water partition coefficient (Wildman–Crippen LogP) is 5.03. The summed E-state index contributed by atoms with van der Waals surface area (Å²) >= 11 is 6.60. The maximum Gasteiger partial charge on any atom is 0.488 e. The van der Waals surface area contributed by atoms with Crippen LogP contribution in [-0.2, 0) is 23.9 Å². The average molecular weight is 645 g/mol. The number of amides is 1. The van der Waals surface area contributed by atoms with Gasteiger partial charge in [-0.3, -0.25) is 9.36 Å². The lowest BCUT2D eigenvalue weighted by Crippen LogP contribution is -2.53. The standard InChI is InChI=1S/C26H26Br2F3N3O3/c1-33-10-15(25(37)32-16(12-35)5-13-6-19(27)24(36)20(28)7-13)8-18-17-3-2-4-21-23(17)14(9-22(18)33)11-34(21)26(29,30)31/h2-4,6-7,11,15-16,18,22,35-36H,5,8-10,12H2,1H3,(H,32,37). The zero-order valence-corrected chi connectivity index (χ0v) is 23.1. The Morgan fingerprint density at radius 3 is 2.59 bits per heavy atom. The van der Waals surface area contributed by atoms with Crippen LogP contribution in [-0.4, -0.2) is 57.9 Å². The molecule has 0 radical (unpaired) electrons. The van der Waals surface area contributed by atoms with Crippen molar-refractivity contribution in [3.63, 3.8) is 0 Å². The molecule has 1 fully saturated rings. The van der Waals surface area contributed by atoms with E-state index in [4.69, 9.17) is 0 Å². The second-order valence-electron chi connectivity index (χ2n) is 9.98. The molecule has 2 aliphatic rings. The molecule has 5 rings (SSSR count). The second-order valence-corrected chi connectivity index (χ2v) is 11.7. The largest absolute Gasteiger partial charge is 0.506 e. The van der Waals surface area contributed by atoms with Crippen LogP contribution < -0.4 is 5.32 Å². The van der Waals surface area contributed by atoms with Crippen LogP contribution in [0.25, 0.3) is 10.9 Å². The third-order valence-corrected chi connectivity index (χ3v) is 8.82. The number of rotatable bonds is 5. The molecule has 0 bridgehead atoms. The number of piperidine rings is 1. The summed E-state index contributed by atoms with van der Waals surface area (Å²) < 4.78 is 42.4. The molecule has 2 heterocycles. The Kier molecular flexibility index (Phi) is 7.10. The summed E-state index contributed by atoms with van der Waals surface area (Å²) in [5.41, 5.74) is 2.51. The average Bonchev–Trinajstić information content (AvgIpc) is 3.23. The van der Waals surface area contributed by atoms with E-state index in [1.165, 1.54) is 12.3 Å². The van der Waals surface area contributed by atoms with Crippen molar-refractivity contribution >= 4 is 48.7 Å². The molecule has 11 heteroatoms. The molecule has 4 atom stereocenters. The van der Waals surface area contributed by atoms with Crippen LogP contribution in [0.2, 0.25) is 0 Å². The number of likely N-dealkylation sites (N-methyl/N-ethyl adjacent to an activating group) is 1. The highest BCUT2D eigenvalue weighted by Gasteiger charge is 2.43. The van der Waals surface area contributed by atoms with E-state index in [9.17, 15) is 28.2 Å². The third kappa shape index (κ3) is 4.91. The molecule has 1 amide bonds. The molecule has 0 spiro atoms. The quantitative estimate of drug-likeness (QED) is 0.364. The molecule has 2 aromatic carbocycles. The first-order valence-corrected chi connectivity index (χ1v) is 13.5. The molecule has 0 saturated carbocycles. The summed E-state index contributed by atoms with van der Waals surface area (Å²) in [6.07, 6.45) is -1.91. The SMILES string of the molecule is CN1CC(C(=O)NC(CO)Cc2cc(Br)c(O)c(Br)c2)CC2c3cccc4c3c(cn4C(F)(F)F)CC21. The van der Waals surface area contributed by atoms with Gasteiger partial charge in [-0.1, -0.05) is 12.1 Å². The second kappa shape index (κ2) is 9.91. The molecule has 3 aromatic rings. The first-order valence-electron chi connectivity index (χ1n) is 12.0. The van der Waals surface area contributed by atoms with E-state index < -0.39 is 12.3 Å². The number of aromatic hydroxyl groups is 1. The monoisotopic (exact) mass is 643 g/mol. The van der Waals surface area contributed by atoms with Gasteiger partial charge in [-0.15, -0.1) is 13.2 Å². The van der Waals surface area contributed by atoms with Crippen molar-refractivity contribution in [3.05, 3.63) is 62.2 Å². The lowest BCUT2D eigenvalue weighted by Gasteiger charge is -2.45. The molecule has 1 aromatic heterocycles. The van der Waals surface area contributed by atoms with Gasteiger partial charge in [0.15, 0.2) is 0 Å². The van der Waals surface area contributed by atoms with Crippen molar-refractivity contribution in [2.24, 2.45) is 5.92 Å². The summed E-state index contributed by atoms with van der Waals surface area (Å²) in [5, 5.41) is 23.5. The highest BCUT2D eigenvalue weighted by Crippen LogP contribution is 2.46. The van der Waals surface area contributed by atoms with Gasteiger partial charge >= 0.3 is 6.30 Å². The molecular formula is C26H26Br2F3N3O3. The number of halogens is 5. The third-order valence-electron chi connectivity index (χ3n) is 7.62. The predicted molar refractivity (Wildman–Crippen MR) is 140 cm³/mol. The number of nitrogens with one attached hydrogen (secondary N) is 1. The van der Waals surface area contributed by atoms with Crippen LogP contribution in [0.15, 0.2) is 45.5 Å². The maximum absolute atomic E-state index is 13.7. The van der Waals surface area contributed by atoms with Crippen molar-refractivity contribution in [1.82, 2.24) is 14.8 Å². The Morgan fingerprint density at radius 1 is 1.24 bits per heavy atom. The van der Waals surface area contributed by atoms with E-state index in [0.29, 0.717) is 50.3 Å². The van der Waals surface area contributed by atoms with Gasteiger partial charge in [0, 0.05) is 30.1 Å². The van der Waals surface area contributed by atoms with Gasteiger partial charge in [-0.25, -0.2) is 0 Å². The number of likely N-dealkylation sites (tertiary alicyclic amines) is 1. The van der Waals surface area contributed by atoms with Crippen molar-refractivity contribution in [3.8, 4) is 5.75 Å². The van der Waals surface area contributed by atoms with Crippen molar-refractivity contribution in [2.75, 3.05) is 20.2 Å². The first kappa shape index (κ1) is 26.5. The number of aliphatic hydroxyl groups is 1. The Labute approximate surface area is 228 Å². The minimum absolute atomic E-state index is 0.00608. The van der Waals surface area contributed by atoms with Gasteiger partial charge in [0.25, 0.3) is 0 Å². The number of carbonyl (C=O) groups is 1. The number of phenolic OH excluding ortho intramolecular Hbond substituents is 1. The van der Waals surface area contributed by atoms with Crippen LogP contribution in [0.4, 0.5) is 13.2 Å². The topological polar surface area (TPSA) is 77.7 Å². The van der Waals surface area contributed by atoms with Gasteiger partial charge in [0.05, 0.1) is 33.0 Å². The number of phenols is 1. The number of nitrogens with zero attached hydrogens (tertiary/aromatic N) is 2. The number of benzene rings is 2. The van der Waals surface area contributed by atoms with Gasteiger partial charge in [-0.05, 0) is 93.1 Å². The van der Waals surface area contributed by atoms with E-state index in [0.717, 1.165) is 11.1 Å². The molecule has 3 N–H and O–H groups in total. The number of hydrogen-bond donors (Lipinski definition) is 3. The molecule has 1 saturated heterocycles. The van der Waals surface area contributed by atoms with Crippen LogP contribution in [0.5, 0.6) is 5.75 Å². The minimum atomic E-state index is -4.50. The van der Waals surface area contributed by atoms with E-state index in [1.807, 2.05) is 13.1 Å². The number of carbonyl (C=O) groups excluding carboxylic acids is 1. The summed E-state index contributed by atoms with van der Waals surface area (Å²) in [7, 11) is 1.91. The summed E-state index contributed by atoms with van der Waals surface area (Å²) in [6, 6.07) is 7.99. The number of aliphatic hydroxyl groups excluding tert-OH is 1. The van der Waals surface area contributed by atoms with Crippen molar-refractivity contribution in [1.29, 1.82) is 0 Å².